The fourth-order valence-electron chi connectivity index (χ4n) is 1.94. The maximum Gasteiger partial charge on any atom is 0.214 e. The van der Waals surface area contributed by atoms with E-state index in [1.165, 1.54) is 12.8 Å². The molecule has 2 rings (SSSR count). The van der Waals surface area contributed by atoms with Crippen LogP contribution in [0, 0.1) is 5.92 Å². The molecule has 0 amide bonds. The van der Waals surface area contributed by atoms with Gasteiger partial charge in [-0.15, -0.1) is 0 Å². The smallest absolute Gasteiger partial charge is 0.214 e. The highest BCUT2D eigenvalue weighted by molar-refractivity contribution is 9.09. The summed E-state index contributed by atoms with van der Waals surface area (Å²) in [5, 5.41) is -0.0855. The third-order valence-corrected chi connectivity index (χ3v) is 6.20. The van der Waals surface area contributed by atoms with Crippen LogP contribution < -0.4 is 4.72 Å². The molecular weight excluding hydrogens is 266 g/mol. The molecule has 2 atom stereocenters. The number of hydrogen-bond acceptors (Lipinski definition) is 2. The quantitative estimate of drug-likeness (QED) is 0.797. The summed E-state index contributed by atoms with van der Waals surface area (Å²) in [7, 11) is -2.97. The predicted molar refractivity (Wildman–Crippen MR) is 60.0 cm³/mol. The SMILES string of the molecule is O=S(=O)(NCC1CCCC1Br)C1CC1. The minimum absolute atomic E-state index is 0.0855. The first-order valence-corrected chi connectivity index (χ1v) is 7.68. The van der Waals surface area contributed by atoms with Crippen LogP contribution in [-0.4, -0.2) is 25.0 Å². The number of halogens is 1. The van der Waals surface area contributed by atoms with Crippen LogP contribution in [-0.2, 0) is 10.0 Å². The molecule has 0 aromatic rings. The van der Waals surface area contributed by atoms with E-state index < -0.39 is 10.0 Å². The Kier molecular flexibility index (Phi) is 3.19. The number of nitrogens with one attached hydrogen (secondary N) is 1. The first-order valence-electron chi connectivity index (χ1n) is 5.22. The van der Waals surface area contributed by atoms with Crippen LogP contribution in [0.25, 0.3) is 0 Å². The Labute approximate surface area is 93.8 Å². The average Bonchev–Trinajstić information content (AvgIpc) is 2.89. The van der Waals surface area contributed by atoms with Crippen LogP contribution in [0.15, 0.2) is 0 Å². The fourth-order valence-corrected chi connectivity index (χ4v) is 4.15. The Hall–Kier alpha value is 0.390. The van der Waals surface area contributed by atoms with E-state index in [1.807, 2.05) is 0 Å². The molecule has 2 unspecified atom stereocenters. The Morgan fingerprint density at radius 2 is 1.93 bits per heavy atom. The topological polar surface area (TPSA) is 46.2 Å². The lowest BCUT2D eigenvalue weighted by Crippen LogP contribution is -2.33. The monoisotopic (exact) mass is 281 g/mol. The van der Waals surface area contributed by atoms with Gasteiger partial charge in [0.05, 0.1) is 5.25 Å². The van der Waals surface area contributed by atoms with Crippen molar-refractivity contribution in [3.8, 4) is 0 Å². The van der Waals surface area contributed by atoms with E-state index >= 15 is 0 Å². The van der Waals surface area contributed by atoms with Crippen molar-refractivity contribution in [2.45, 2.75) is 42.2 Å². The molecule has 5 heteroatoms. The highest BCUT2D eigenvalue weighted by Crippen LogP contribution is 2.32. The molecule has 0 heterocycles. The van der Waals surface area contributed by atoms with Crippen molar-refractivity contribution in [3.05, 3.63) is 0 Å². The molecule has 0 radical (unpaired) electrons. The van der Waals surface area contributed by atoms with Gasteiger partial charge in [-0.3, -0.25) is 0 Å². The summed E-state index contributed by atoms with van der Waals surface area (Å²) < 4.78 is 25.8. The molecule has 2 saturated carbocycles. The van der Waals surface area contributed by atoms with Crippen molar-refractivity contribution in [2.24, 2.45) is 5.92 Å². The van der Waals surface area contributed by atoms with Gasteiger partial charge in [0.15, 0.2) is 0 Å². The van der Waals surface area contributed by atoms with Crippen molar-refractivity contribution in [3.63, 3.8) is 0 Å². The van der Waals surface area contributed by atoms with Gasteiger partial charge in [-0.2, -0.15) is 0 Å². The maximum atomic E-state index is 11.5. The lowest BCUT2D eigenvalue weighted by atomic mass is 10.1. The van der Waals surface area contributed by atoms with Crippen LogP contribution in [0.2, 0.25) is 0 Å². The highest BCUT2D eigenvalue weighted by Gasteiger charge is 2.36. The Bertz CT molecular complexity index is 300. The van der Waals surface area contributed by atoms with Crippen LogP contribution in [0.1, 0.15) is 32.1 Å². The van der Waals surface area contributed by atoms with E-state index in [1.54, 1.807) is 0 Å². The molecule has 1 N–H and O–H groups in total. The Morgan fingerprint density at radius 3 is 2.43 bits per heavy atom. The third kappa shape index (κ3) is 2.49. The van der Waals surface area contributed by atoms with Crippen molar-refractivity contribution in [2.75, 3.05) is 6.54 Å². The molecule has 0 bridgehead atoms. The zero-order valence-corrected chi connectivity index (χ0v) is 10.5. The van der Waals surface area contributed by atoms with Crippen LogP contribution in [0.5, 0.6) is 0 Å². The molecule has 14 heavy (non-hydrogen) atoms. The normalized spacial score (nSPS) is 33.5. The van der Waals surface area contributed by atoms with Gasteiger partial charge in [-0.1, -0.05) is 22.4 Å². The van der Waals surface area contributed by atoms with Crippen LogP contribution in [0.3, 0.4) is 0 Å². The molecular formula is C9H16BrNO2S. The molecule has 0 saturated heterocycles. The lowest BCUT2D eigenvalue weighted by molar-refractivity contribution is 0.529. The summed E-state index contributed by atoms with van der Waals surface area (Å²) in [6.45, 7) is 0.620. The summed E-state index contributed by atoms with van der Waals surface area (Å²) in [5.74, 6) is 0.489. The van der Waals surface area contributed by atoms with E-state index in [0.29, 0.717) is 17.3 Å². The minimum atomic E-state index is -2.97. The van der Waals surface area contributed by atoms with E-state index in [4.69, 9.17) is 0 Å². The van der Waals surface area contributed by atoms with Gasteiger partial charge in [0.25, 0.3) is 0 Å². The number of alkyl halides is 1. The maximum absolute atomic E-state index is 11.5. The van der Waals surface area contributed by atoms with Gasteiger partial charge in [0.2, 0.25) is 10.0 Å². The zero-order chi connectivity index (χ0) is 10.2. The largest absolute Gasteiger partial charge is 0.215 e. The molecule has 2 fully saturated rings. The summed E-state index contributed by atoms with van der Waals surface area (Å²) in [5.41, 5.74) is 0. The average molecular weight is 282 g/mol. The summed E-state index contributed by atoms with van der Waals surface area (Å²) in [6, 6.07) is 0. The third-order valence-electron chi connectivity index (χ3n) is 3.08. The second kappa shape index (κ2) is 4.10. The zero-order valence-electron chi connectivity index (χ0n) is 8.08. The number of hydrogen-bond donors (Lipinski definition) is 1. The van der Waals surface area contributed by atoms with Gasteiger partial charge in [-0.25, -0.2) is 13.1 Å². The number of sulfonamides is 1. The van der Waals surface area contributed by atoms with Gasteiger partial charge < -0.3 is 0 Å². The molecule has 0 aliphatic heterocycles. The Balaban J connectivity index is 1.81. The molecule has 2 aliphatic rings. The second-order valence-corrected chi connectivity index (χ2v) is 7.52. The lowest BCUT2D eigenvalue weighted by Gasteiger charge is -2.14. The molecule has 0 spiro atoms. The van der Waals surface area contributed by atoms with E-state index in [9.17, 15) is 8.42 Å². The highest BCUT2D eigenvalue weighted by atomic mass is 79.9. The predicted octanol–water partition coefficient (Wildman–Crippen LogP) is 1.63. The molecule has 0 aromatic heterocycles. The fraction of sp³-hybridized carbons (Fsp3) is 1.00. The van der Waals surface area contributed by atoms with Gasteiger partial charge in [0, 0.05) is 11.4 Å². The van der Waals surface area contributed by atoms with Gasteiger partial charge in [0.1, 0.15) is 0 Å². The van der Waals surface area contributed by atoms with Crippen molar-refractivity contribution in [1.82, 2.24) is 4.72 Å². The van der Waals surface area contributed by atoms with Crippen molar-refractivity contribution < 1.29 is 8.42 Å². The summed E-state index contributed by atoms with van der Waals surface area (Å²) in [4.78, 5) is 0.504. The standard InChI is InChI=1S/C9H16BrNO2S/c10-9-3-1-2-7(9)6-11-14(12,13)8-4-5-8/h7-9,11H,1-6H2. The molecule has 2 aliphatic carbocycles. The van der Waals surface area contributed by atoms with E-state index in [2.05, 4.69) is 20.7 Å². The molecule has 0 aromatic carbocycles. The number of rotatable bonds is 4. The second-order valence-electron chi connectivity index (χ2n) is 4.30. The van der Waals surface area contributed by atoms with E-state index in [-0.39, 0.29) is 5.25 Å². The van der Waals surface area contributed by atoms with E-state index in [0.717, 1.165) is 19.3 Å². The molecule has 82 valence electrons. The van der Waals surface area contributed by atoms with Crippen molar-refractivity contribution >= 4 is 26.0 Å². The molecule has 3 nitrogen and oxygen atoms in total. The minimum Gasteiger partial charge on any atom is -0.215 e. The van der Waals surface area contributed by atoms with Gasteiger partial charge >= 0.3 is 0 Å². The first-order chi connectivity index (χ1) is 6.59. The van der Waals surface area contributed by atoms with Crippen molar-refractivity contribution in [1.29, 1.82) is 0 Å². The summed E-state index contributed by atoms with van der Waals surface area (Å²) >= 11 is 3.59. The van der Waals surface area contributed by atoms with Gasteiger partial charge in [-0.05, 0) is 31.6 Å². The van der Waals surface area contributed by atoms with Crippen LogP contribution in [0.4, 0.5) is 0 Å². The Morgan fingerprint density at radius 1 is 1.21 bits per heavy atom. The van der Waals surface area contributed by atoms with Crippen LogP contribution >= 0.6 is 15.9 Å². The first kappa shape index (κ1) is 10.9. The summed E-state index contributed by atoms with van der Waals surface area (Å²) in [6.07, 6.45) is 5.22.